The van der Waals surface area contributed by atoms with Crippen molar-refractivity contribution in [1.29, 1.82) is 0 Å². The summed E-state index contributed by atoms with van der Waals surface area (Å²) in [7, 11) is 0. The van der Waals surface area contributed by atoms with Crippen LogP contribution in [0.25, 0.3) is 0 Å². The average molecular weight is 395 g/mol. The lowest BCUT2D eigenvalue weighted by Crippen LogP contribution is -2.30. The first-order chi connectivity index (χ1) is 13.5. The summed E-state index contributed by atoms with van der Waals surface area (Å²) >= 11 is 0. The lowest BCUT2D eigenvalue weighted by atomic mass is 9.87. The summed E-state index contributed by atoms with van der Waals surface area (Å²) in [5.74, 6) is -0.177. The molecule has 4 nitrogen and oxygen atoms in total. The molecule has 0 fully saturated rings. The van der Waals surface area contributed by atoms with Crippen molar-refractivity contribution in [1.82, 2.24) is 10.6 Å². The summed E-state index contributed by atoms with van der Waals surface area (Å²) < 4.78 is 0. The van der Waals surface area contributed by atoms with Gasteiger partial charge in [0.15, 0.2) is 0 Å². The fourth-order valence-corrected chi connectivity index (χ4v) is 2.94. The normalized spacial score (nSPS) is 11.8. The van der Waals surface area contributed by atoms with E-state index in [9.17, 15) is 9.59 Å². The molecular weight excluding hydrogens is 360 g/mol. The lowest BCUT2D eigenvalue weighted by Gasteiger charge is -2.19. The van der Waals surface area contributed by atoms with Gasteiger partial charge in [0.1, 0.15) is 0 Å². The Hall–Kier alpha value is -2.62. The summed E-state index contributed by atoms with van der Waals surface area (Å²) in [6, 6.07) is 15.4. The maximum Gasteiger partial charge on any atom is 0.251 e. The monoisotopic (exact) mass is 394 g/mol. The van der Waals surface area contributed by atoms with Crippen LogP contribution in [0.2, 0.25) is 0 Å². The van der Waals surface area contributed by atoms with E-state index in [4.69, 9.17) is 0 Å². The van der Waals surface area contributed by atoms with Crippen LogP contribution in [0, 0.1) is 0 Å². The summed E-state index contributed by atoms with van der Waals surface area (Å²) in [6.07, 6.45) is 0.678. The first-order valence-corrected chi connectivity index (χ1v) is 10.3. The zero-order chi connectivity index (χ0) is 21.7. The van der Waals surface area contributed by atoms with E-state index in [2.05, 4.69) is 52.2 Å². The maximum atomic E-state index is 12.2. The van der Waals surface area contributed by atoms with Crippen molar-refractivity contribution in [2.75, 3.05) is 13.1 Å². The van der Waals surface area contributed by atoms with Gasteiger partial charge in [0.05, 0.1) is 0 Å². The second-order valence-corrected chi connectivity index (χ2v) is 9.52. The standard InChI is InChI=1S/C25H34N2O2/c1-24(2,3)20-12-8-18(9-13-20)22(28)26-16-7-17-27-23(29)19-10-14-21(15-11-19)25(4,5)6/h8-15H,7,16-17H2,1-6H3,(H,26,28)(H,27,29). The van der Waals surface area contributed by atoms with Gasteiger partial charge in [-0.2, -0.15) is 0 Å². The molecule has 0 radical (unpaired) electrons. The fraction of sp³-hybridized carbons (Fsp3) is 0.440. The number of hydrogen-bond donors (Lipinski definition) is 2. The Labute approximate surface area is 175 Å². The predicted molar refractivity (Wildman–Crippen MR) is 120 cm³/mol. The molecule has 0 aromatic heterocycles. The topological polar surface area (TPSA) is 58.2 Å². The molecule has 0 aliphatic rings. The van der Waals surface area contributed by atoms with Crippen molar-refractivity contribution >= 4 is 11.8 Å². The summed E-state index contributed by atoms with van der Waals surface area (Å²) in [5.41, 5.74) is 3.85. The van der Waals surface area contributed by atoms with Crippen LogP contribution in [0.1, 0.15) is 79.8 Å². The van der Waals surface area contributed by atoms with Crippen LogP contribution in [0.5, 0.6) is 0 Å². The van der Waals surface area contributed by atoms with Crippen molar-refractivity contribution in [3.63, 3.8) is 0 Å². The van der Waals surface area contributed by atoms with Crippen molar-refractivity contribution in [2.45, 2.75) is 58.8 Å². The number of amides is 2. The molecule has 0 saturated heterocycles. The molecule has 4 heteroatoms. The maximum absolute atomic E-state index is 12.2. The number of rotatable bonds is 6. The van der Waals surface area contributed by atoms with Crippen LogP contribution in [0.15, 0.2) is 48.5 Å². The number of carbonyl (C=O) groups is 2. The Morgan fingerprint density at radius 3 is 1.21 bits per heavy atom. The van der Waals surface area contributed by atoms with Gasteiger partial charge in [-0.25, -0.2) is 0 Å². The Morgan fingerprint density at radius 2 is 0.931 bits per heavy atom. The van der Waals surface area contributed by atoms with E-state index in [0.717, 1.165) is 0 Å². The number of carbonyl (C=O) groups excluding carboxylic acids is 2. The number of hydrogen-bond acceptors (Lipinski definition) is 2. The second kappa shape index (κ2) is 9.25. The van der Waals surface area contributed by atoms with Crippen LogP contribution < -0.4 is 10.6 Å². The van der Waals surface area contributed by atoms with Gasteiger partial charge in [-0.05, 0) is 52.6 Å². The van der Waals surface area contributed by atoms with Gasteiger partial charge in [0.25, 0.3) is 11.8 Å². The van der Waals surface area contributed by atoms with E-state index < -0.39 is 0 Å². The number of benzene rings is 2. The molecule has 2 rings (SSSR count). The highest BCUT2D eigenvalue weighted by molar-refractivity contribution is 5.94. The largest absolute Gasteiger partial charge is 0.352 e. The quantitative estimate of drug-likeness (QED) is 0.689. The molecule has 0 bridgehead atoms. The van der Waals surface area contributed by atoms with Crippen molar-refractivity contribution in [3.05, 3.63) is 70.8 Å². The molecule has 29 heavy (non-hydrogen) atoms. The third-order valence-corrected chi connectivity index (χ3v) is 4.95. The molecule has 0 aliphatic carbocycles. The van der Waals surface area contributed by atoms with Gasteiger partial charge in [-0.15, -0.1) is 0 Å². The molecule has 156 valence electrons. The van der Waals surface area contributed by atoms with Crippen molar-refractivity contribution in [3.8, 4) is 0 Å². The Bertz CT molecular complexity index is 752. The minimum atomic E-state index is -0.0884. The van der Waals surface area contributed by atoms with Crippen LogP contribution in [0.3, 0.4) is 0 Å². The lowest BCUT2D eigenvalue weighted by molar-refractivity contribution is 0.0951. The molecule has 0 aliphatic heterocycles. The highest BCUT2D eigenvalue weighted by atomic mass is 16.2. The van der Waals surface area contributed by atoms with Gasteiger partial charge in [0, 0.05) is 24.2 Å². The molecular formula is C25H34N2O2. The zero-order valence-electron chi connectivity index (χ0n) is 18.6. The van der Waals surface area contributed by atoms with Crippen molar-refractivity contribution in [2.24, 2.45) is 0 Å². The molecule has 0 heterocycles. The summed E-state index contributed by atoms with van der Waals surface area (Å²) in [5, 5.41) is 5.81. The second-order valence-electron chi connectivity index (χ2n) is 9.52. The van der Waals surface area contributed by atoms with Crippen LogP contribution in [0.4, 0.5) is 0 Å². The van der Waals surface area contributed by atoms with Gasteiger partial charge < -0.3 is 10.6 Å². The highest BCUT2D eigenvalue weighted by Gasteiger charge is 2.15. The van der Waals surface area contributed by atoms with Gasteiger partial charge in [-0.1, -0.05) is 65.8 Å². The van der Waals surface area contributed by atoms with Gasteiger partial charge in [-0.3, -0.25) is 9.59 Å². The van der Waals surface area contributed by atoms with E-state index in [1.807, 2.05) is 48.5 Å². The molecule has 0 atom stereocenters. The number of nitrogens with one attached hydrogen (secondary N) is 2. The molecule has 2 N–H and O–H groups in total. The van der Waals surface area contributed by atoms with Gasteiger partial charge >= 0.3 is 0 Å². The minimum Gasteiger partial charge on any atom is -0.352 e. The van der Waals surface area contributed by atoms with E-state index in [1.54, 1.807) is 0 Å². The minimum absolute atomic E-state index is 0.0697. The van der Waals surface area contributed by atoms with Crippen LogP contribution in [-0.2, 0) is 10.8 Å². The molecule has 2 aromatic rings. The SMILES string of the molecule is CC(C)(C)c1ccc(C(=O)NCCCNC(=O)c2ccc(C(C)(C)C)cc2)cc1. The van der Waals surface area contributed by atoms with E-state index in [0.29, 0.717) is 30.6 Å². The third kappa shape index (κ3) is 6.74. The van der Waals surface area contributed by atoms with E-state index in [1.165, 1.54) is 11.1 Å². The third-order valence-electron chi connectivity index (χ3n) is 4.95. The van der Waals surface area contributed by atoms with Crippen LogP contribution in [-0.4, -0.2) is 24.9 Å². The Balaban J connectivity index is 1.73. The molecule has 0 spiro atoms. The molecule has 2 amide bonds. The highest BCUT2D eigenvalue weighted by Crippen LogP contribution is 2.23. The Kier molecular flexibility index (Phi) is 7.23. The van der Waals surface area contributed by atoms with E-state index >= 15 is 0 Å². The van der Waals surface area contributed by atoms with Crippen LogP contribution >= 0.6 is 0 Å². The summed E-state index contributed by atoms with van der Waals surface area (Å²) in [4.78, 5) is 24.5. The predicted octanol–water partition coefficient (Wildman–Crippen LogP) is 4.83. The Morgan fingerprint density at radius 1 is 0.621 bits per heavy atom. The van der Waals surface area contributed by atoms with E-state index in [-0.39, 0.29) is 22.6 Å². The first-order valence-electron chi connectivity index (χ1n) is 10.3. The molecule has 0 saturated carbocycles. The molecule has 2 aromatic carbocycles. The van der Waals surface area contributed by atoms with Gasteiger partial charge in [0.2, 0.25) is 0 Å². The summed E-state index contributed by atoms with van der Waals surface area (Å²) in [6.45, 7) is 13.9. The smallest absolute Gasteiger partial charge is 0.251 e. The zero-order valence-corrected chi connectivity index (χ0v) is 18.6. The van der Waals surface area contributed by atoms with Crippen molar-refractivity contribution < 1.29 is 9.59 Å². The average Bonchev–Trinajstić information content (AvgIpc) is 2.66. The fourth-order valence-electron chi connectivity index (χ4n) is 2.94. The molecule has 0 unspecified atom stereocenters. The first kappa shape index (κ1) is 22.7.